The Morgan fingerprint density at radius 3 is 1.55 bits per heavy atom. The van der Waals surface area contributed by atoms with Gasteiger partial charge in [-0.2, -0.15) is 0 Å². The molecule has 0 amide bonds. The molecule has 0 bridgehead atoms. The van der Waals surface area contributed by atoms with Crippen molar-refractivity contribution in [3.05, 3.63) is 0 Å². The summed E-state index contributed by atoms with van der Waals surface area (Å²) in [4.78, 5) is 53.2. The minimum Gasteiger partial charge on any atom is -0.756 e. The summed E-state index contributed by atoms with van der Waals surface area (Å²) in [5, 5.41) is 35.5. The number of phosphoric acid groups is 1. The average Bonchev–Trinajstić information content (AvgIpc) is 1.95. The molecule has 0 saturated heterocycles. The monoisotopic (exact) mass is 345 g/mol. The van der Waals surface area contributed by atoms with Crippen LogP contribution in [0.15, 0.2) is 0 Å². The fourth-order valence-electron chi connectivity index (χ4n) is 0.703. The minimum absolute atomic E-state index is 0. The molecule has 0 aliphatic carbocycles. The molecule has 0 radical (unpaired) electrons. The molecule has 9 N–H and O–H groups in total. The van der Waals surface area contributed by atoms with Crippen LogP contribution in [0.5, 0.6) is 0 Å². The Morgan fingerprint density at radius 1 is 1.10 bits per heavy atom. The number of carboxylic acid groups (broad SMARTS) is 3. The first-order valence-corrected chi connectivity index (χ1v) is 5.45. The first-order chi connectivity index (χ1) is 7.78. The van der Waals surface area contributed by atoms with Crippen LogP contribution in [0, 0.1) is 0 Å². The molecule has 0 aromatic rings. The topological polar surface area (TPSA) is 252 Å². The van der Waals surface area contributed by atoms with Crippen LogP contribution >= 0.6 is 7.82 Å². The molecule has 14 heteroatoms. The third-order valence-electron chi connectivity index (χ3n) is 1.28. The maximum atomic E-state index is 10.3. The zero-order valence-electron chi connectivity index (χ0n) is 10.5. The standard InChI is InChI=1S/C6H8O7.K.H3N.H3O4P/c7-3(8)1-6(13,5(11)12)2-4(9)10;;;1-5(2,3)4/h13H,1-2H2,(H,7,8)(H,9,10)(H,11,12);;1H3;(H3,1,2,3,4)/q;+1;;/p-1. The van der Waals surface area contributed by atoms with Crippen molar-refractivity contribution in [1.29, 1.82) is 0 Å². The quantitative estimate of drug-likeness (QED) is 0.201. The van der Waals surface area contributed by atoms with Crippen LogP contribution in [0.3, 0.4) is 0 Å². The molecule has 1 unspecified atom stereocenters. The first kappa shape index (κ1) is 28.3. The maximum absolute atomic E-state index is 10.3. The molecule has 12 nitrogen and oxygen atoms in total. The van der Waals surface area contributed by atoms with Gasteiger partial charge in [-0.3, -0.25) is 9.36 Å². The fourth-order valence-corrected chi connectivity index (χ4v) is 0.703. The number of rotatable bonds is 5. The van der Waals surface area contributed by atoms with E-state index in [2.05, 4.69) is 0 Å². The normalized spacial score (nSPS) is 12.4. The Morgan fingerprint density at radius 2 is 1.40 bits per heavy atom. The smallest absolute Gasteiger partial charge is 0.756 e. The number of hydrogen-bond acceptors (Lipinski definition) is 7. The van der Waals surface area contributed by atoms with E-state index in [4.69, 9.17) is 34.6 Å². The van der Waals surface area contributed by atoms with Gasteiger partial charge in [0.15, 0.2) is 5.60 Å². The van der Waals surface area contributed by atoms with Crippen LogP contribution in [-0.2, 0) is 18.9 Å². The molecular weight excluding hydrogens is 332 g/mol. The van der Waals surface area contributed by atoms with Gasteiger partial charge >= 0.3 is 63.3 Å². The molecule has 0 fully saturated rings. The number of carboxylic acids is 3. The minimum atomic E-state index is -4.89. The van der Waals surface area contributed by atoms with Crippen molar-refractivity contribution in [3.63, 3.8) is 0 Å². The van der Waals surface area contributed by atoms with Crippen molar-refractivity contribution in [3.8, 4) is 0 Å². The van der Waals surface area contributed by atoms with Crippen molar-refractivity contribution in [2.75, 3.05) is 0 Å². The number of aliphatic carboxylic acids is 3. The van der Waals surface area contributed by atoms with Crippen LogP contribution in [0.2, 0.25) is 0 Å². The van der Waals surface area contributed by atoms with Crippen molar-refractivity contribution in [2.24, 2.45) is 0 Å². The third-order valence-corrected chi connectivity index (χ3v) is 1.28. The number of quaternary nitrogens is 1. The van der Waals surface area contributed by atoms with Crippen LogP contribution < -0.4 is 67.5 Å². The van der Waals surface area contributed by atoms with Crippen molar-refractivity contribution in [2.45, 2.75) is 18.4 Å². The van der Waals surface area contributed by atoms with Gasteiger partial charge in [-0.05, 0) is 0 Å². The van der Waals surface area contributed by atoms with Crippen LogP contribution in [0.1, 0.15) is 12.8 Å². The summed E-state index contributed by atoms with van der Waals surface area (Å²) in [7, 11) is -4.89. The van der Waals surface area contributed by atoms with Gasteiger partial charge in [0.1, 0.15) is 0 Å². The van der Waals surface area contributed by atoms with Crippen LogP contribution in [0.25, 0.3) is 0 Å². The van der Waals surface area contributed by atoms with Gasteiger partial charge in [0.05, 0.1) is 6.42 Å². The van der Waals surface area contributed by atoms with Gasteiger partial charge in [0, 0.05) is 12.4 Å². The molecule has 114 valence electrons. The van der Waals surface area contributed by atoms with Crippen molar-refractivity contribution < 1.29 is 105 Å². The average molecular weight is 345 g/mol. The molecular formula is C6H13KNO11P. The largest absolute Gasteiger partial charge is 1.00 e. The molecule has 20 heavy (non-hydrogen) atoms. The van der Waals surface area contributed by atoms with E-state index in [0.717, 1.165) is 0 Å². The van der Waals surface area contributed by atoms with Gasteiger partial charge in [-0.15, -0.1) is 0 Å². The summed E-state index contributed by atoms with van der Waals surface area (Å²) in [6.07, 6.45) is -2.44. The molecule has 0 aliphatic heterocycles. The fraction of sp³-hybridized carbons (Fsp3) is 0.500. The van der Waals surface area contributed by atoms with Gasteiger partial charge < -0.3 is 46.1 Å². The Balaban J connectivity index is -0.000000158. The second-order valence-electron chi connectivity index (χ2n) is 2.95. The van der Waals surface area contributed by atoms with Gasteiger partial charge in [-0.25, -0.2) is 4.79 Å². The molecule has 0 heterocycles. The second kappa shape index (κ2) is 11.7. The second-order valence-corrected chi connectivity index (χ2v) is 3.93. The summed E-state index contributed by atoms with van der Waals surface area (Å²) < 4.78 is 8.77. The predicted octanol–water partition coefficient (Wildman–Crippen LogP) is -6.76. The summed E-state index contributed by atoms with van der Waals surface area (Å²) in [5.41, 5.74) is -2.80. The Bertz CT molecular complexity index is 355. The van der Waals surface area contributed by atoms with E-state index in [9.17, 15) is 19.5 Å². The number of hydrogen-bond donors (Lipinski definition) is 6. The Kier molecular flexibility index (Phi) is 16.5. The van der Waals surface area contributed by atoms with Crippen molar-refractivity contribution in [1.82, 2.24) is 6.15 Å². The Hall–Kier alpha value is 0.0764. The van der Waals surface area contributed by atoms with Gasteiger partial charge in [0.2, 0.25) is 0 Å². The zero-order valence-corrected chi connectivity index (χ0v) is 14.6. The Labute approximate surface area is 154 Å². The van der Waals surface area contributed by atoms with Gasteiger partial charge in [0.25, 0.3) is 7.82 Å². The molecule has 0 spiro atoms. The van der Waals surface area contributed by atoms with E-state index in [1.165, 1.54) is 0 Å². The molecule has 0 saturated carbocycles. The molecule has 1 atom stereocenters. The molecule has 0 aromatic carbocycles. The van der Waals surface area contributed by atoms with Crippen molar-refractivity contribution >= 4 is 25.7 Å². The van der Waals surface area contributed by atoms with E-state index in [1.54, 1.807) is 0 Å². The molecule has 0 rings (SSSR count). The summed E-state index contributed by atoms with van der Waals surface area (Å²) in [6, 6.07) is 0. The number of aliphatic hydroxyl groups is 1. The SMILES string of the molecule is O=C([O-])CC(O)(CC(=O)O)C(=O)O.O=P([O-])(O)O.[K+].[NH4+]. The molecule has 0 aromatic heterocycles. The van der Waals surface area contributed by atoms with Gasteiger partial charge in [-0.1, -0.05) is 0 Å². The molecule has 0 aliphatic rings. The third kappa shape index (κ3) is 20.4. The summed E-state index contributed by atoms with van der Waals surface area (Å²) >= 11 is 0. The number of carbonyl (C=O) groups is 3. The van der Waals surface area contributed by atoms with Crippen LogP contribution in [-0.4, -0.2) is 48.6 Å². The van der Waals surface area contributed by atoms with E-state index in [0.29, 0.717) is 0 Å². The summed E-state index contributed by atoms with van der Waals surface area (Å²) in [6.45, 7) is 0. The van der Waals surface area contributed by atoms with E-state index in [1.807, 2.05) is 0 Å². The summed E-state index contributed by atoms with van der Waals surface area (Å²) in [5.74, 6) is -5.34. The van der Waals surface area contributed by atoms with Crippen LogP contribution in [0.4, 0.5) is 0 Å². The predicted molar refractivity (Wildman–Crippen MR) is 52.5 cm³/mol. The first-order valence-electron chi connectivity index (χ1n) is 3.92. The van der Waals surface area contributed by atoms with E-state index >= 15 is 0 Å². The van der Waals surface area contributed by atoms with E-state index < -0.39 is 44.2 Å². The van der Waals surface area contributed by atoms with E-state index in [-0.39, 0.29) is 57.5 Å². The zero-order chi connectivity index (χ0) is 15.1. The number of carbonyl (C=O) groups excluding carboxylic acids is 1. The maximum Gasteiger partial charge on any atom is 1.00 e.